The maximum atomic E-state index is 6.03. The number of hydrogen-bond donors (Lipinski definition) is 1. The fourth-order valence-electron chi connectivity index (χ4n) is 1.47. The summed E-state index contributed by atoms with van der Waals surface area (Å²) in [7, 11) is 0. The van der Waals surface area contributed by atoms with Crippen LogP contribution < -0.4 is 5.43 Å². The average Bonchev–Trinajstić information content (AvgIpc) is 2.34. The van der Waals surface area contributed by atoms with Gasteiger partial charge in [-0.2, -0.15) is 5.10 Å². The first-order chi connectivity index (χ1) is 9.06. The Labute approximate surface area is 127 Å². The molecule has 2 rings (SSSR count). The molecule has 19 heavy (non-hydrogen) atoms. The molecular weight excluding hydrogens is 303 g/mol. The minimum Gasteiger partial charge on any atom is -0.275 e. The van der Waals surface area contributed by atoms with Crippen molar-refractivity contribution >= 4 is 46.7 Å². The first-order valence-corrected chi connectivity index (χ1v) is 6.70. The average molecular weight is 314 g/mol. The molecule has 98 valence electrons. The molecule has 2 aromatic carbocycles. The van der Waals surface area contributed by atoms with Crippen molar-refractivity contribution < 1.29 is 0 Å². The largest absolute Gasteiger partial charge is 0.275 e. The zero-order valence-corrected chi connectivity index (χ0v) is 12.4. The van der Waals surface area contributed by atoms with E-state index < -0.39 is 0 Å². The lowest BCUT2D eigenvalue weighted by atomic mass is 10.2. The highest BCUT2D eigenvalue weighted by atomic mass is 35.5. The van der Waals surface area contributed by atoms with Gasteiger partial charge in [0.05, 0.1) is 21.9 Å². The molecule has 5 heteroatoms. The predicted molar refractivity (Wildman–Crippen MR) is 83.9 cm³/mol. The maximum Gasteiger partial charge on any atom is 0.0935 e. The molecule has 0 bridgehead atoms. The minimum absolute atomic E-state index is 0.429. The highest BCUT2D eigenvalue weighted by molar-refractivity contribution is 6.41. The summed E-state index contributed by atoms with van der Waals surface area (Å²) < 4.78 is 0. The fraction of sp³-hybridized carbons (Fsp3) is 0.0714. The van der Waals surface area contributed by atoms with Crippen LogP contribution in [0, 0.1) is 6.92 Å². The second-order valence-corrected chi connectivity index (χ2v) is 5.28. The molecule has 0 amide bonds. The number of hydrogen-bond acceptors (Lipinski definition) is 2. The summed E-state index contributed by atoms with van der Waals surface area (Å²) in [6.07, 6.45) is 1.70. The van der Waals surface area contributed by atoms with E-state index in [4.69, 9.17) is 34.8 Å². The van der Waals surface area contributed by atoms with Crippen LogP contribution in [0.25, 0.3) is 0 Å². The first-order valence-electron chi connectivity index (χ1n) is 5.56. The SMILES string of the molecule is Cc1ccc(C=NNc2c(Cl)cc(Cl)cc2Cl)cc1. The van der Waals surface area contributed by atoms with Gasteiger partial charge in [-0.25, -0.2) is 0 Å². The third kappa shape index (κ3) is 3.87. The van der Waals surface area contributed by atoms with E-state index in [1.165, 1.54) is 5.56 Å². The van der Waals surface area contributed by atoms with Gasteiger partial charge in [0.2, 0.25) is 0 Å². The smallest absolute Gasteiger partial charge is 0.0935 e. The Hall–Kier alpha value is -1.22. The predicted octanol–water partition coefficient (Wildman–Crippen LogP) is 5.40. The summed E-state index contributed by atoms with van der Waals surface area (Å²) in [6, 6.07) is 11.2. The van der Waals surface area contributed by atoms with Crippen molar-refractivity contribution in [3.63, 3.8) is 0 Å². The van der Waals surface area contributed by atoms with Gasteiger partial charge in [-0.05, 0) is 24.6 Å². The molecule has 0 heterocycles. The summed E-state index contributed by atoms with van der Waals surface area (Å²) in [4.78, 5) is 0. The molecule has 0 spiro atoms. The van der Waals surface area contributed by atoms with Gasteiger partial charge in [0, 0.05) is 5.02 Å². The second-order valence-electron chi connectivity index (χ2n) is 4.03. The highest BCUT2D eigenvalue weighted by Crippen LogP contribution is 2.33. The Bertz CT molecular complexity index is 584. The topological polar surface area (TPSA) is 24.4 Å². The monoisotopic (exact) mass is 312 g/mol. The molecule has 0 aliphatic rings. The molecule has 0 saturated carbocycles. The van der Waals surface area contributed by atoms with E-state index in [9.17, 15) is 0 Å². The number of nitrogens with zero attached hydrogens (tertiary/aromatic N) is 1. The van der Waals surface area contributed by atoms with Crippen LogP contribution in [0.1, 0.15) is 11.1 Å². The van der Waals surface area contributed by atoms with Gasteiger partial charge < -0.3 is 0 Å². The molecule has 0 aliphatic heterocycles. The van der Waals surface area contributed by atoms with E-state index in [1.54, 1.807) is 18.3 Å². The summed E-state index contributed by atoms with van der Waals surface area (Å²) in [5.41, 5.74) is 5.54. The van der Waals surface area contributed by atoms with Crippen molar-refractivity contribution in [2.45, 2.75) is 6.92 Å². The Morgan fingerprint density at radius 2 is 1.58 bits per heavy atom. The third-order valence-corrected chi connectivity index (χ3v) is 3.29. The van der Waals surface area contributed by atoms with E-state index in [-0.39, 0.29) is 0 Å². The molecule has 0 aliphatic carbocycles. The van der Waals surface area contributed by atoms with E-state index in [0.717, 1.165) is 5.56 Å². The van der Waals surface area contributed by atoms with E-state index in [0.29, 0.717) is 20.8 Å². The number of aryl methyl sites for hydroxylation is 1. The standard InChI is InChI=1S/C14H11Cl3N2/c1-9-2-4-10(5-3-9)8-18-19-14-12(16)6-11(15)7-13(14)17/h2-8,19H,1H3. The minimum atomic E-state index is 0.429. The summed E-state index contributed by atoms with van der Waals surface area (Å²) in [6.45, 7) is 2.03. The summed E-state index contributed by atoms with van der Waals surface area (Å²) in [5.74, 6) is 0. The molecule has 0 saturated heterocycles. The maximum absolute atomic E-state index is 6.03. The zero-order valence-electron chi connectivity index (χ0n) is 10.1. The molecule has 1 N–H and O–H groups in total. The van der Waals surface area contributed by atoms with Crippen LogP contribution in [0.15, 0.2) is 41.5 Å². The Morgan fingerprint density at radius 3 is 2.16 bits per heavy atom. The van der Waals surface area contributed by atoms with Gasteiger partial charge in [-0.3, -0.25) is 5.43 Å². The first kappa shape index (κ1) is 14.2. The van der Waals surface area contributed by atoms with Gasteiger partial charge in [-0.1, -0.05) is 64.6 Å². The summed E-state index contributed by atoms with van der Waals surface area (Å²) >= 11 is 17.9. The number of halogens is 3. The van der Waals surface area contributed by atoms with Crippen molar-refractivity contribution in [2.75, 3.05) is 5.43 Å². The highest BCUT2D eigenvalue weighted by Gasteiger charge is 2.06. The zero-order chi connectivity index (χ0) is 13.8. The van der Waals surface area contributed by atoms with E-state index in [1.807, 2.05) is 31.2 Å². The Morgan fingerprint density at radius 1 is 1.00 bits per heavy atom. The number of rotatable bonds is 3. The van der Waals surface area contributed by atoms with Gasteiger partial charge in [0.25, 0.3) is 0 Å². The Kier molecular flexibility index (Phi) is 4.70. The summed E-state index contributed by atoms with van der Waals surface area (Å²) in [5, 5.41) is 5.45. The Balaban J connectivity index is 2.12. The lowest BCUT2D eigenvalue weighted by Gasteiger charge is -2.06. The van der Waals surface area contributed by atoms with Crippen LogP contribution in [0.2, 0.25) is 15.1 Å². The van der Waals surface area contributed by atoms with Gasteiger partial charge >= 0.3 is 0 Å². The molecule has 2 aromatic rings. The van der Waals surface area contributed by atoms with Crippen LogP contribution in [0.5, 0.6) is 0 Å². The van der Waals surface area contributed by atoms with Crippen LogP contribution >= 0.6 is 34.8 Å². The molecule has 0 radical (unpaired) electrons. The van der Waals surface area contributed by atoms with Crippen molar-refractivity contribution in [2.24, 2.45) is 5.10 Å². The van der Waals surface area contributed by atoms with Gasteiger partial charge in [-0.15, -0.1) is 0 Å². The normalized spacial score (nSPS) is 10.9. The molecule has 2 nitrogen and oxygen atoms in total. The van der Waals surface area contributed by atoms with Crippen molar-refractivity contribution in [1.82, 2.24) is 0 Å². The van der Waals surface area contributed by atoms with E-state index >= 15 is 0 Å². The quantitative estimate of drug-likeness (QED) is 0.595. The van der Waals surface area contributed by atoms with Crippen LogP contribution in [-0.4, -0.2) is 6.21 Å². The number of nitrogens with one attached hydrogen (secondary N) is 1. The van der Waals surface area contributed by atoms with Crippen molar-refractivity contribution in [1.29, 1.82) is 0 Å². The lowest BCUT2D eigenvalue weighted by Crippen LogP contribution is -1.92. The van der Waals surface area contributed by atoms with Crippen molar-refractivity contribution in [3.05, 3.63) is 62.6 Å². The second kappa shape index (κ2) is 6.29. The lowest BCUT2D eigenvalue weighted by molar-refractivity contribution is 1.35. The van der Waals surface area contributed by atoms with Gasteiger partial charge in [0.1, 0.15) is 0 Å². The molecule has 0 atom stereocenters. The molecule has 0 aromatic heterocycles. The van der Waals surface area contributed by atoms with E-state index in [2.05, 4.69) is 10.5 Å². The van der Waals surface area contributed by atoms with Crippen LogP contribution in [0.3, 0.4) is 0 Å². The molecule has 0 unspecified atom stereocenters. The number of benzene rings is 2. The fourth-order valence-corrected chi connectivity index (χ4v) is 2.37. The van der Waals surface area contributed by atoms with Crippen molar-refractivity contribution in [3.8, 4) is 0 Å². The molecule has 0 fully saturated rings. The van der Waals surface area contributed by atoms with Crippen LogP contribution in [-0.2, 0) is 0 Å². The third-order valence-electron chi connectivity index (χ3n) is 2.47. The number of hydrazone groups is 1. The number of anilines is 1. The van der Waals surface area contributed by atoms with Crippen LogP contribution in [0.4, 0.5) is 5.69 Å². The molecular formula is C14H11Cl3N2. The van der Waals surface area contributed by atoms with Gasteiger partial charge in [0.15, 0.2) is 0 Å².